The van der Waals surface area contributed by atoms with Crippen molar-refractivity contribution in [2.45, 2.75) is 38.5 Å². The zero-order valence-electron chi connectivity index (χ0n) is 16.9. The topological polar surface area (TPSA) is 55.9 Å². The summed E-state index contributed by atoms with van der Waals surface area (Å²) in [5.41, 5.74) is 1.37. The van der Waals surface area contributed by atoms with Gasteiger partial charge in [-0.2, -0.15) is 0 Å². The molecule has 0 saturated carbocycles. The Bertz CT molecular complexity index is 614. The molecule has 6 heteroatoms. The van der Waals surface area contributed by atoms with Gasteiger partial charge >= 0.3 is 6.03 Å². The highest BCUT2D eigenvalue weighted by molar-refractivity contribution is 5.76. The number of carbonyl (C=O) groups excluding carboxylic acids is 2. The summed E-state index contributed by atoms with van der Waals surface area (Å²) in [4.78, 5) is 30.7. The first kappa shape index (κ1) is 20.6. The van der Waals surface area contributed by atoms with E-state index < -0.39 is 0 Å². The van der Waals surface area contributed by atoms with E-state index in [2.05, 4.69) is 34.5 Å². The minimum Gasteiger partial charge on any atom is -0.343 e. The zero-order valence-corrected chi connectivity index (χ0v) is 16.9. The molecule has 0 atom stereocenters. The molecule has 3 rings (SSSR count). The molecule has 3 amide bonds. The maximum absolute atomic E-state index is 12.4. The number of hydrogen-bond acceptors (Lipinski definition) is 3. The molecule has 2 heterocycles. The van der Waals surface area contributed by atoms with E-state index in [0.29, 0.717) is 13.0 Å². The third kappa shape index (κ3) is 6.51. The average molecular weight is 387 g/mol. The van der Waals surface area contributed by atoms with Crippen LogP contribution in [0.3, 0.4) is 0 Å². The molecule has 28 heavy (non-hydrogen) atoms. The Balaban J connectivity index is 1.28. The van der Waals surface area contributed by atoms with Crippen molar-refractivity contribution < 1.29 is 9.59 Å². The Kier molecular flexibility index (Phi) is 8.15. The van der Waals surface area contributed by atoms with Crippen molar-refractivity contribution in [3.05, 3.63) is 35.9 Å². The van der Waals surface area contributed by atoms with E-state index in [9.17, 15) is 9.59 Å². The molecule has 2 fully saturated rings. The minimum absolute atomic E-state index is 0.0323. The fourth-order valence-corrected chi connectivity index (χ4v) is 3.96. The van der Waals surface area contributed by atoms with Gasteiger partial charge in [-0.05, 0) is 31.2 Å². The van der Waals surface area contributed by atoms with Crippen molar-refractivity contribution in [3.63, 3.8) is 0 Å². The third-order valence-corrected chi connectivity index (χ3v) is 5.77. The van der Waals surface area contributed by atoms with Gasteiger partial charge in [0.2, 0.25) is 5.91 Å². The van der Waals surface area contributed by atoms with E-state index in [0.717, 1.165) is 77.9 Å². The van der Waals surface area contributed by atoms with Gasteiger partial charge in [0.05, 0.1) is 0 Å². The van der Waals surface area contributed by atoms with Crippen LogP contribution in [0.15, 0.2) is 30.3 Å². The van der Waals surface area contributed by atoms with Crippen molar-refractivity contribution in [2.75, 3.05) is 52.4 Å². The van der Waals surface area contributed by atoms with Crippen LogP contribution in [-0.2, 0) is 11.2 Å². The van der Waals surface area contributed by atoms with E-state index in [1.54, 1.807) is 0 Å². The number of nitrogens with zero attached hydrogens (tertiary/aromatic N) is 3. The Morgan fingerprint density at radius 1 is 0.929 bits per heavy atom. The summed E-state index contributed by atoms with van der Waals surface area (Å²) in [7, 11) is 0. The Hall–Kier alpha value is -2.08. The van der Waals surface area contributed by atoms with Gasteiger partial charge in [-0.1, -0.05) is 36.8 Å². The second-order valence-corrected chi connectivity index (χ2v) is 7.84. The number of piperazine rings is 1. The highest BCUT2D eigenvalue weighted by Crippen LogP contribution is 2.11. The van der Waals surface area contributed by atoms with Crippen LogP contribution in [0.5, 0.6) is 0 Å². The molecular formula is C22H34N4O2. The fraction of sp³-hybridized carbons (Fsp3) is 0.636. The van der Waals surface area contributed by atoms with E-state index >= 15 is 0 Å². The first-order chi connectivity index (χ1) is 13.7. The number of likely N-dealkylation sites (tertiary alicyclic amines) is 1. The van der Waals surface area contributed by atoms with E-state index in [1.165, 1.54) is 5.56 Å². The maximum atomic E-state index is 12.4. The van der Waals surface area contributed by atoms with Crippen LogP contribution in [0.4, 0.5) is 4.79 Å². The van der Waals surface area contributed by atoms with Crippen LogP contribution in [0.2, 0.25) is 0 Å². The number of carbonyl (C=O) groups is 2. The van der Waals surface area contributed by atoms with Gasteiger partial charge in [-0.15, -0.1) is 0 Å². The van der Waals surface area contributed by atoms with Gasteiger partial charge in [0.1, 0.15) is 0 Å². The summed E-state index contributed by atoms with van der Waals surface area (Å²) in [5, 5.41) is 3.03. The third-order valence-electron chi connectivity index (χ3n) is 5.77. The molecule has 0 aliphatic carbocycles. The van der Waals surface area contributed by atoms with Crippen molar-refractivity contribution in [1.29, 1.82) is 0 Å². The second kappa shape index (κ2) is 11.1. The average Bonchev–Trinajstić information content (AvgIpc) is 2.94. The lowest BCUT2D eigenvalue weighted by atomic mass is 10.1. The Morgan fingerprint density at radius 3 is 2.50 bits per heavy atom. The molecule has 1 aromatic carbocycles. The van der Waals surface area contributed by atoms with Crippen LogP contribution in [0.25, 0.3) is 0 Å². The van der Waals surface area contributed by atoms with Gasteiger partial charge in [0, 0.05) is 58.8 Å². The molecule has 154 valence electrons. The summed E-state index contributed by atoms with van der Waals surface area (Å²) in [6.45, 7) is 6.74. The molecule has 0 spiro atoms. The molecule has 0 unspecified atom stereocenters. The molecule has 0 aromatic heterocycles. The summed E-state index contributed by atoms with van der Waals surface area (Å²) in [6, 6.07) is 10.6. The van der Waals surface area contributed by atoms with E-state index in [1.807, 2.05) is 15.9 Å². The van der Waals surface area contributed by atoms with E-state index in [-0.39, 0.29) is 11.9 Å². The van der Waals surface area contributed by atoms with Crippen LogP contribution >= 0.6 is 0 Å². The Labute approximate surface area is 168 Å². The standard InChI is InChI=1S/C22H34N4O2/c27-21-10-5-2-6-13-25(21)14-7-12-23-22(28)26-18-16-24(17-19-26)15-11-20-8-3-1-4-9-20/h1,3-4,8-9H,2,5-7,10-19H2,(H,23,28). The predicted octanol–water partition coefficient (Wildman–Crippen LogP) is 2.35. The number of rotatable bonds is 7. The first-order valence-corrected chi connectivity index (χ1v) is 10.8. The molecule has 0 radical (unpaired) electrons. The molecular weight excluding hydrogens is 352 g/mol. The monoisotopic (exact) mass is 386 g/mol. The zero-order chi connectivity index (χ0) is 19.6. The lowest BCUT2D eigenvalue weighted by Crippen LogP contribution is -2.52. The Morgan fingerprint density at radius 2 is 1.71 bits per heavy atom. The maximum Gasteiger partial charge on any atom is 0.317 e. The highest BCUT2D eigenvalue weighted by Gasteiger charge is 2.21. The number of hydrogen-bond donors (Lipinski definition) is 1. The van der Waals surface area contributed by atoms with Crippen LogP contribution in [0, 0.1) is 0 Å². The lowest BCUT2D eigenvalue weighted by molar-refractivity contribution is -0.130. The molecule has 2 aliphatic heterocycles. The van der Waals surface area contributed by atoms with Gasteiger partial charge in [-0.3, -0.25) is 9.69 Å². The predicted molar refractivity (Wildman–Crippen MR) is 111 cm³/mol. The molecule has 1 N–H and O–H groups in total. The SMILES string of the molecule is O=C1CCCCCN1CCCNC(=O)N1CCN(CCc2ccccc2)CC1. The summed E-state index contributed by atoms with van der Waals surface area (Å²) >= 11 is 0. The fourth-order valence-electron chi connectivity index (χ4n) is 3.96. The molecule has 0 bridgehead atoms. The number of nitrogens with one attached hydrogen (secondary N) is 1. The highest BCUT2D eigenvalue weighted by atomic mass is 16.2. The largest absolute Gasteiger partial charge is 0.343 e. The molecule has 2 aliphatic rings. The summed E-state index contributed by atoms with van der Waals surface area (Å²) < 4.78 is 0. The lowest BCUT2D eigenvalue weighted by Gasteiger charge is -2.34. The summed E-state index contributed by atoms with van der Waals surface area (Å²) in [6.07, 6.45) is 5.84. The molecule has 2 saturated heterocycles. The summed E-state index contributed by atoms with van der Waals surface area (Å²) in [5.74, 6) is 0.274. The normalized spacial score (nSPS) is 18.8. The number of benzene rings is 1. The van der Waals surface area contributed by atoms with Crippen LogP contribution in [0.1, 0.15) is 37.7 Å². The van der Waals surface area contributed by atoms with Gasteiger partial charge in [0.25, 0.3) is 0 Å². The number of amides is 3. The minimum atomic E-state index is 0.0323. The molecule has 1 aromatic rings. The van der Waals surface area contributed by atoms with Crippen molar-refractivity contribution in [3.8, 4) is 0 Å². The quantitative estimate of drug-likeness (QED) is 0.732. The smallest absolute Gasteiger partial charge is 0.317 e. The van der Waals surface area contributed by atoms with Crippen molar-refractivity contribution in [2.24, 2.45) is 0 Å². The van der Waals surface area contributed by atoms with Gasteiger partial charge in [-0.25, -0.2) is 4.79 Å². The van der Waals surface area contributed by atoms with Gasteiger partial charge in [0.15, 0.2) is 0 Å². The first-order valence-electron chi connectivity index (χ1n) is 10.8. The van der Waals surface area contributed by atoms with E-state index in [4.69, 9.17) is 0 Å². The van der Waals surface area contributed by atoms with Gasteiger partial charge < -0.3 is 15.1 Å². The number of urea groups is 1. The molecule has 6 nitrogen and oxygen atoms in total. The van der Waals surface area contributed by atoms with Crippen LogP contribution < -0.4 is 5.32 Å². The van der Waals surface area contributed by atoms with Crippen LogP contribution in [-0.4, -0.2) is 79.0 Å². The van der Waals surface area contributed by atoms with Crippen molar-refractivity contribution in [1.82, 2.24) is 20.0 Å². The van der Waals surface area contributed by atoms with Crippen molar-refractivity contribution >= 4 is 11.9 Å². The second-order valence-electron chi connectivity index (χ2n) is 7.84.